The summed E-state index contributed by atoms with van der Waals surface area (Å²) in [7, 11) is 0. The Morgan fingerprint density at radius 2 is 1.97 bits per heavy atom. The van der Waals surface area contributed by atoms with Crippen molar-refractivity contribution in [1.82, 2.24) is 15.0 Å². The number of likely N-dealkylation sites (tertiary alicyclic amines) is 1. The monoisotopic (exact) mass is 455 g/mol. The topological polar surface area (TPSA) is 97.9 Å². The van der Waals surface area contributed by atoms with Crippen molar-refractivity contribution in [3.05, 3.63) is 53.1 Å². The van der Waals surface area contributed by atoms with Crippen LogP contribution in [0.3, 0.4) is 0 Å². The Morgan fingerprint density at radius 3 is 2.66 bits per heavy atom. The van der Waals surface area contributed by atoms with E-state index in [0.29, 0.717) is 48.8 Å². The fraction of sp³-hybridized carbons (Fsp3) is 0.348. The van der Waals surface area contributed by atoms with Crippen molar-refractivity contribution < 1.29 is 23.9 Å². The Labute approximate surface area is 189 Å². The van der Waals surface area contributed by atoms with E-state index in [9.17, 15) is 4.79 Å². The Morgan fingerprint density at radius 1 is 1.19 bits per heavy atom. The Hall–Kier alpha value is -2.94. The molecule has 0 bridgehead atoms. The second-order valence-electron chi connectivity index (χ2n) is 8.10. The zero-order chi connectivity index (χ0) is 22.1. The molecule has 1 atom stereocenters. The lowest BCUT2D eigenvalue weighted by Crippen LogP contribution is -2.49. The number of hydrogen-bond donors (Lipinski definition) is 1. The number of carboxylic acids is 1. The van der Waals surface area contributed by atoms with E-state index >= 15 is 0 Å². The number of benzene rings is 2. The van der Waals surface area contributed by atoms with E-state index in [2.05, 4.69) is 15.0 Å². The summed E-state index contributed by atoms with van der Waals surface area (Å²) in [5.74, 6) is 0.498. The summed E-state index contributed by atoms with van der Waals surface area (Å²) in [4.78, 5) is 17.5. The van der Waals surface area contributed by atoms with Crippen molar-refractivity contribution in [3.63, 3.8) is 0 Å². The summed E-state index contributed by atoms with van der Waals surface area (Å²) >= 11 is 6.39. The maximum Gasteiger partial charge on any atom is 0.309 e. The van der Waals surface area contributed by atoms with Gasteiger partial charge in [-0.25, -0.2) is 0 Å². The molecule has 0 amide bonds. The second kappa shape index (κ2) is 8.90. The summed E-state index contributed by atoms with van der Waals surface area (Å²) in [5.41, 5.74) is 2.65. The lowest BCUT2D eigenvalue weighted by Gasteiger charge is -2.36. The largest absolute Gasteiger partial charge is 0.486 e. The van der Waals surface area contributed by atoms with Gasteiger partial charge in [0.2, 0.25) is 5.82 Å². The van der Waals surface area contributed by atoms with Gasteiger partial charge in [-0.15, -0.1) is 0 Å². The van der Waals surface area contributed by atoms with Gasteiger partial charge in [0.25, 0.3) is 5.89 Å². The highest BCUT2D eigenvalue weighted by Crippen LogP contribution is 2.32. The second-order valence-corrected chi connectivity index (χ2v) is 8.51. The maximum absolute atomic E-state index is 10.9. The normalized spacial score (nSPS) is 19.1. The van der Waals surface area contributed by atoms with Crippen LogP contribution in [0.5, 0.6) is 5.75 Å². The van der Waals surface area contributed by atoms with E-state index < -0.39 is 5.97 Å². The minimum atomic E-state index is -0.726. The van der Waals surface area contributed by atoms with Crippen molar-refractivity contribution in [2.45, 2.75) is 19.1 Å². The molecule has 2 aromatic carbocycles. The number of carboxylic acid groups (broad SMARTS) is 1. The van der Waals surface area contributed by atoms with Gasteiger partial charge < -0.3 is 19.1 Å². The average Bonchev–Trinajstić information content (AvgIpc) is 3.44. The summed E-state index contributed by atoms with van der Waals surface area (Å²) in [6, 6.07) is 13.3. The zero-order valence-corrected chi connectivity index (χ0v) is 18.0. The third-order valence-corrected chi connectivity index (χ3v) is 6.01. The van der Waals surface area contributed by atoms with Gasteiger partial charge in [-0.3, -0.25) is 9.69 Å². The van der Waals surface area contributed by atoms with Crippen LogP contribution in [0.15, 0.2) is 47.0 Å². The van der Waals surface area contributed by atoms with Gasteiger partial charge in [0.15, 0.2) is 0 Å². The fourth-order valence-electron chi connectivity index (χ4n) is 3.84. The molecule has 0 aliphatic carbocycles. The van der Waals surface area contributed by atoms with Crippen LogP contribution in [-0.2, 0) is 16.1 Å². The Bertz CT molecular complexity index is 1110. The van der Waals surface area contributed by atoms with E-state index in [0.717, 1.165) is 29.7 Å². The quantitative estimate of drug-likeness (QED) is 0.575. The first-order valence-electron chi connectivity index (χ1n) is 10.5. The molecule has 2 fully saturated rings. The lowest BCUT2D eigenvalue weighted by molar-refractivity contribution is -0.147. The summed E-state index contributed by atoms with van der Waals surface area (Å²) in [5, 5.41) is 13.6. The minimum absolute atomic E-state index is 0.0257. The molecule has 0 unspecified atom stereocenters. The van der Waals surface area contributed by atoms with Crippen LogP contribution < -0.4 is 4.74 Å². The van der Waals surface area contributed by atoms with E-state index in [1.54, 1.807) is 6.07 Å². The van der Waals surface area contributed by atoms with Crippen molar-refractivity contribution in [2.75, 3.05) is 26.3 Å². The van der Waals surface area contributed by atoms with Gasteiger partial charge in [-0.1, -0.05) is 28.9 Å². The molecule has 5 rings (SSSR count). The van der Waals surface area contributed by atoms with Crippen molar-refractivity contribution in [2.24, 2.45) is 5.92 Å². The Balaban J connectivity index is 1.23. The van der Waals surface area contributed by atoms with Crippen molar-refractivity contribution >= 4 is 17.6 Å². The highest BCUT2D eigenvalue weighted by atomic mass is 35.5. The molecule has 166 valence electrons. The van der Waals surface area contributed by atoms with E-state index in [1.807, 2.05) is 36.4 Å². The molecule has 1 N–H and O–H groups in total. The van der Waals surface area contributed by atoms with E-state index in [4.69, 9.17) is 30.7 Å². The minimum Gasteiger partial charge on any atom is -0.486 e. The van der Waals surface area contributed by atoms with Crippen molar-refractivity contribution in [3.8, 4) is 28.6 Å². The number of hydrogen-bond acceptors (Lipinski definition) is 7. The van der Waals surface area contributed by atoms with Crippen LogP contribution in [-0.4, -0.2) is 58.5 Å². The van der Waals surface area contributed by atoms with Crippen LogP contribution in [0.2, 0.25) is 5.02 Å². The van der Waals surface area contributed by atoms with Crippen LogP contribution in [0.4, 0.5) is 0 Å². The molecular formula is C23H22ClN3O5. The smallest absolute Gasteiger partial charge is 0.309 e. The lowest BCUT2D eigenvalue weighted by atomic mass is 9.99. The molecule has 0 saturated carbocycles. The zero-order valence-electron chi connectivity index (χ0n) is 17.2. The molecule has 0 radical (unpaired) electrons. The fourth-order valence-corrected chi connectivity index (χ4v) is 4.07. The first-order valence-corrected chi connectivity index (χ1v) is 10.9. The van der Waals surface area contributed by atoms with Crippen LogP contribution >= 0.6 is 11.6 Å². The third kappa shape index (κ3) is 4.48. The van der Waals surface area contributed by atoms with Gasteiger partial charge in [-0.05, 0) is 35.9 Å². The van der Waals surface area contributed by atoms with Crippen LogP contribution in [0.25, 0.3) is 22.8 Å². The maximum atomic E-state index is 10.9. The molecule has 32 heavy (non-hydrogen) atoms. The predicted octanol–water partition coefficient (Wildman–Crippen LogP) is 3.74. The summed E-state index contributed by atoms with van der Waals surface area (Å²) in [6.45, 7) is 3.18. The highest BCUT2D eigenvalue weighted by Gasteiger charge is 2.32. The standard InChI is InChI=1S/C23H22ClN3O5/c24-19-9-16(5-6-20(19)31-18-7-8-30-13-18)21-25-22(32-26-21)15-3-1-14(2-4-15)10-27-11-17(12-27)23(28)29/h1-6,9,17-18H,7-8,10-13H2,(H,28,29)/t18-/m0/s1. The average molecular weight is 456 g/mol. The van der Waals surface area contributed by atoms with E-state index in [1.165, 1.54) is 0 Å². The highest BCUT2D eigenvalue weighted by molar-refractivity contribution is 6.32. The molecule has 2 saturated heterocycles. The SMILES string of the molecule is O=C(O)C1CN(Cc2ccc(-c3nc(-c4ccc(O[C@H]5CCOC5)c(Cl)c4)no3)cc2)C1. The molecule has 1 aromatic heterocycles. The third-order valence-electron chi connectivity index (χ3n) is 5.71. The van der Waals surface area contributed by atoms with Gasteiger partial charge in [0, 0.05) is 37.2 Å². The van der Waals surface area contributed by atoms with Crippen LogP contribution in [0, 0.1) is 5.92 Å². The number of aliphatic carboxylic acids is 1. The molecule has 3 heterocycles. The summed E-state index contributed by atoms with van der Waals surface area (Å²) < 4.78 is 16.7. The first-order chi connectivity index (χ1) is 15.5. The number of halogens is 1. The molecular weight excluding hydrogens is 434 g/mol. The number of rotatable bonds is 7. The van der Waals surface area contributed by atoms with Crippen molar-refractivity contribution in [1.29, 1.82) is 0 Å². The molecule has 9 heteroatoms. The number of ether oxygens (including phenoxy) is 2. The van der Waals surface area contributed by atoms with Crippen LogP contribution in [0.1, 0.15) is 12.0 Å². The number of carbonyl (C=O) groups is 1. The predicted molar refractivity (Wildman–Crippen MR) is 116 cm³/mol. The van der Waals surface area contributed by atoms with Gasteiger partial charge in [-0.2, -0.15) is 4.98 Å². The first kappa shape index (κ1) is 20.9. The Kier molecular flexibility index (Phi) is 5.82. The molecule has 0 spiro atoms. The van der Waals surface area contributed by atoms with E-state index in [-0.39, 0.29) is 12.0 Å². The van der Waals surface area contributed by atoms with Gasteiger partial charge in [0.05, 0.1) is 24.2 Å². The number of aromatic nitrogens is 2. The van der Waals surface area contributed by atoms with Gasteiger partial charge in [0.1, 0.15) is 11.9 Å². The molecule has 2 aliphatic rings. The number of nitrogens with zero attached hydrogens (tertiary/aromatic N) is 3. The molecule has 2 aliphatic heterocycles. The molecule has 8 nitrogen and oxygen atoms in total. The molecule has 3 aromatic rings. The summed E-state index contributed by atoms with van der Waals surface area (Å²) in [6.07, 6.45) is 0.879. The van der Waals surface area contributed by atoms with Gasteiger partial charge >= 0.3 is 5.97 Å².